The number of anilines is 1. The predicted molar refractivity (Wildman–Crippen MR) is 125 cm³/mol. The van der Waals surface area contributed by atoms with Crippen molar-refractivity contribution in [3.8, 4) is 22.8 Å². The molecule has 2 aromatic carbocycles. The van der Waals surface area contributed by atoms with Crippen molar-refractivity contribution in [1.82, 2.24) is 15.1 Å². The molecule has 1 saturated heterocycles. The fourth-order valence-electron chi connectivity index (χ4n) is 4.01. The maximum Gasteiger partial charge on any atom is 0.231 e. The van der Waals surface area contributed by atoms with Crippen molar-refractivity contribution in [3.05, 3.63) is 60.7 Å². The minimum atomic E-state index is -3.47. The van der Waals surface area contributed by atoms with Gasteiger partial charge in [0.1, 0.15) is 0 Å². The first-order valence-corrected chi connectivity index (χ1v) is 12.7. The zero-order valence-electron chi connectivity index (χ0n) is 18.5. The minimum absolute atomic E-state index is 0.0265. The molecule has 3 heterocycles. The molecule has 34 heavy (non-hydrogen) atoms. The Hall–Kier alpha value is -3.66. The summed E-state index contributed by atoms with van der Waals surface area (Å²) in [6.45, 7) is 2.46. The van der Waals surface area contributed by atoms with Crippen molar-refractivity contribution in [3.63, 3.8) is 0 Å². The fraction of sp³-hybridized carbons (Fsp3) is 0.292. The second kappa shape index (κ2) is 9.30. The van der Waals surface area contributed by atoms with E-state index >= 15 is 0 Å². The first-order chi connectivity index (χ1) is 16.5. The van der Waals surface area contributed by atoms with Crippen LogP contribution in [0, 0.1) is 0 Å². The van der Waals surface area contributed by atoms with Crippen molar-refractivity contribution in [1.29, 1.82) is 0 Å². The van der Waals surface area contributed by atoms with Crippen molar-refractivity contribution in [2.75, 3.05) is 43.6 Å². The van der Waals surface area contributed by atoms with Crippen LogP contribution in [0.5, 0.6) is 11.5 Å². The number of hydrogen-bond acceptors (Lipinski definition) is 8. The predicted octanol–water partition coefficient (Wildman–Crippen LogP) is 2.38. The minimum Gasteiger partial charge on any atom is -0.454 e. The number of amides is 1. The normalized spacial score (nSPS) is 15.4. The van der Waals surface area contributed by atoms with Crippen LogP contribution < -0.4 is 14.4 Å². The van der Waals surface area contributed by atoms with Gasteiger partial charge < -0.3 is 19.3 Å². The molecule has 0 aliphatic carbocycles. The number of hydrogen-bond donors (Lipinski definition) is 0. The molecular weight excluding hydrogens is 456 g/mol. The van der Waals surface area contributed by atoms with Crippen LogP contribution >= 0.6 is 0 Å². The van der Waals surface area contributed by atoms with E-state index in [0.29, 0.717) is 31.9 Å². The molecule has 0 saturated carbocycles. The van der Waals surface area contributed by atoms with E-state index in [4.69, 9.17) is 9.47 Å². The van der Waals surface area contributed by atoms with E-state index in [0.717, 1.165) is 22.8 Å². The summed E-state index contributed by atoms with van der Waals surface area (Å²) in [6, 6.07) is 17.7. The van der Waals surface area contributed by atoms with E-state index in [2.05, 4.69) is 15.1 Å². The van der Waals surface area contributed by atoms with Crippen LogP contribution in [0.4, 0.5) is 5.82 Å². The SMILES string of the molecule is O=C(CCS(=O)(=O)c1ccccc1)N1CCN(c2ccc(-c3ccc4c(c3)OCO4)nn2)CC1. The van der Waals surface area contributed by atoms with E-state index in [1.807, 2.05) is 30.3 Å². The Morgan fingerprint density at radius 2 is 1.65 bits per heavy atom. The lowest BCUT2D eigenvalue weighted by molar-refractivity contribution is -0.131. The third-order valence-corrected chi connectivity index (χ3v) is 7.69. The van der Waals surface area contributed by atoms with Crippen molar-refractivity contribution in [2.45, 2.75) is 11.3 Å². The number of carbonyl (C=O) groups excluding carboxylic acids is 1. The molecule has 0 spiro atoms. The second-order valence-corrected chi connectivity index (χ2v) is 10.2. The zero-order chi connectivity index (χ0) is 23.5. The Balaban J connectivity index is 1.15. The lowest BCUT2D eigenvalue weighted by atomic mass is 10.1. The van der Waals surface area contributed by atoms with Crippen LogP contribution in [0.2, 0.25) is 0 Å². The van der Waals surface area contributed by atoms with Gasteiger partial charge in [-0.2, -0.15) is 0 Å². The Bertz CT molecular complexity index is 1270. The number of nitrogens with zero attached hydrogens (tertiary/aromatic N) is 4. The van der Waals surface area contributed by atoms with Gasteiger partial charge in [-0.3, -0.25) is 4.79 Å². The fourth-order valence-corrected chi connectivity index (χ4v) is 5.26. The number of piperazine rings is 1. The van der Waals surface area contributed by atoms with Gasteiger partial charge in [0.2, 0.25) is 12.7 Å². The van der Waals surface area contributed by atoms with Crippen molar-refractivity contribution < 1.29 is 22.7 Å². The third kappa shape index (κ3) is 4.67. The average Bonchev–Trinajstić information content (AvgIpc) is 3.36. The number of ether oxygens (including phenoxy) is 2. The lowest BCUT2D eigenvalue weighted by Crippen LogP contribution is -2.49. The molecule has 5 rings (SSSR count). The molecule has 0 bridgehead atoms. The van der Waals surface area contributed by atoms with E-state index in [-0.39, 0.29) is 29.8 Å². The molecule has 3 aromatic rings. The highest BCUT2D eigenvalue weighted by Gasteiger charge is 2.24. The number of carbonyl (C=O) groups is 1. The molecular formula is C24H24N4O5S. The molecule has 0 N–H and O–H groups in total. The van der Waals surface area contributed by atoms with Crippen LogP contribution in [0.1, 0.15) is 6.42 Å². The number of fused-ring (bicyclic) bond motifs is 1. The first-order valence-electron chi connectivity index (χ1n) is 11.0. The molecule has 176 valence electrons. The summed E-state index contributed by atoms with van der Waals surface area (Å²) in [7, 11) is -3.47. The molecule has 10 heteroatoms. The summed E-state index contributed by atoms with van der Waals surface area (Å²) in [5.74, 6) is 1.81. The summed E-state index contributed by atoms with van der Waals surface area (Å²) >= 11 is 0. The van der Waals surface area contributed by atoms with Gasteiger partial charge in [-0.05, 0) is 42.5 Å². The molecule has 1 aromatic heterocycles. The monoisotopic (exact) mass is 480 g/mol. The summed E-state index contributed by atoms with van der Waals surface area (Å²) in [5, 5.41) is 8.72. The maximum atomic E-state index is 12.6. The van der Waals surface area contributed by atoms with Gasteiger partial charge in [0.25, 0.3) is 0 Å². The number of benzene rings is 2. The molecule has 9 nitrogen and oxygen atoms in total. The molecule has 0 atom stereocenters. The standard InChI is InChI=1S/C24H24N4O5S/c29-24(10-15-34(30,31)19-4-2-1-3-5-19)28-13-11-27(12-14-28)23-9-7-20(25-26-23)18-6-8-21-22(16-18)33-17-32-21/h1-9,16H,10-15,17H2. The van der Waals surface area contributed by atoms with Crippen molar-refractivity contribution in [2.24, 2.45) is 0 Å². The molecule has 0 unspecified atom stereocenters. The summed E-state index contributed by atoms with van der Waals surface area (Å²) in [6.07, 6.45) is -0.0265. The highest BCUT2D eigenvalue weighted by Crippen LogP contribution is 2.35. The van der Waals surface area contributed by atoms with Crippen LogP contribution in [0.25, 0.3) is 11.3 Å². The molecule has 2 aliphatic rings. The summed E-state index contributed by atoms with van der Waals surface area (Å²) in [4.78, 5) is 16.6. The van der Waals surface area contributed by atoms with Gasteiger partial charge in [0, 0.05) is 38.2 Å². The molecule has 0 radical (unpaired) electrons. The Labute approximate surface area is 197 Å². The van der Waals surface area contributed by atoms with Crippen LogP contribution in [0.3, 0.4) is 0 Å². The Morgan fingerprint density at radius 1 is 0.882 bits per heavy atom. The van der Waals surface area contributed by atoms with E-state index in [1.54, 1.807) is 35.2 Å². The second-order valence-electron chi connectivity index (χ2n) is 8.09. The van der Waals surface area contributed by atoms with Gasteiger partial charge in [-0.1, -0.05) is 18.2 Å². The van der Waals surface area contributed by atoms with Crippen LogP contribution in [-0.4, -0.2) is 68.1 Å². The van der Waals surface area contributed by atoms with E-state index < -0.39 is 9.84 Å². The smallest absolute Gasteiger partial charge is 0.231 e. The van der Waals surface area contributed by atoms with Crippen LogP contribution in [-0.2, 0) is 14.6 Å². The number of sulfone groups is 1. The molecule has 1 amide bonds. The van der Waals surface area contributed by atoms with Crippen LogP contribution in [0.15, 0.2) is 65.6 Å². The lowest BCUT2D eigenvalue weighted by Gasteiger charge is -2.35. The highest BCUT2D eigenvalue weighted by atomic mass is 32.2. The summed E-state index contributed by atoms with van der Waals surface area (Å²) < 4.78 is 35.6. The largest absolute Gasteiger partial charge is 0.454 e. The maximum absolute atomic E-state index is 12.6. The number of aromatic nitrogens is 2. The Morgan fingerprint density at radius 3 is 2.38 bits per heavy atom. The van der Waals surface area contributed by atoms with E-state index in [1.165, 1.54) is 0 Å². The molecule has 1 fully saturated rings. The van der Waals surface area contributed by atoms with Gasteiger partial charge in [0.05, 0.1) is 16.3 Å². The first kappa shape index (κ1) is 22.1. The number of rotatable bonds is 6. The quantitative estimate of drug-likeness (QED) is 0.530. The van der Waals surface area contributed by atoms with Crippen molar-refractivity contribution >= 4 is 21.6 Å². The summed E-state index contributed by atoms with van der Waals surface area (Å²) in [5.41, 5.74) is 1.62. The van der Waals surface area contributed by atoms with Gasteiger partial charge in [-0.15, -0.1) is 10.2 Å². The third-order valence-electron chi connectivity index (χ3n) is 5.96. The van der Waals surface area contributed by atoms with E-state index in [9.17, 15) is 13.2 Å². The average molecular weight is 481 g/mol. The van der Waals surface area contributed by atoms with Gasteiger partial charge >= 0.3 is 0 Å². The highest BCUT2D eigenvalue weighted by molar-refractivity contribution is 7.91. The molecule has 2 aliphatic heterocycles. The van der Waals surface area contributed by atoms with Gasteiger partial charge in [-0.25, -0.2) is 8.42 Å². The van der Waals surface area contributed by atoms with Gasteiger partial charge in [0.15, 0.2) is 27.2 Å². The zero-order valence-corrected chi connectivity index (χ0v) is 19.3. The topological polar surface area (TPSA) is 102 Å². The Kier molecular flexibility index (Phi) is 6.06.